The molecule has 29 heavy (non-hydrogen) atoms. The molecule has 2 N–H and O–H groups in total. The van der Waals surface area contributed by atoms with E-state index in [4.69, 9.17) is 0 Å². The summed E-state index contributed by atoms with van der Waals surface area (Å²) in [4.78, 5) is 36.1. The lowest BCUT2D eigenvalue weighted by molar-refractivity contribution is -0.139. The van der Waals surface area contributed by atoms with Gasteiger partial charge in [0, 0.05) is 24.8 Å². The molecule has 0 aliphatic heterocycles. The van der Waals surface area contributed by atoms with Crippen molar-refractivity contribution in [3.8, 4) is 0 Å². The third-order valence-corrected chi connectivity index (χ3v) is 5.50. The Hall–Kier alpha value is -2.95. The van der Waals surface area contributed by atoms with Crippen LogP contribution in [0, 0.1) is 0 Å². The summed E-state index contributed by atoms with van der Waals surface area (Å²) in [6, 6.07) is 12.0. The molecule has 0 radical (unpaired) electrons. The standard InChI is InChI=1S/C24H27NO4/c1-2-19(26)14-16-10-12-17(13-11-16)15-22(24(28)29)25-23(27)21-9-5-7-18-6-3-4-8-20(18)21/h5,7,9-13,22H,2-4,6,8,14-15H2,1H3,(H,25,27)(H,28,29)/t22-/m0/s1. The molecule has 5 heteroatoms. The maximum Gasteiger partial charge on any atom is 0.326 e. The number of hydrogen-bond donors (Lipinski definition) is 2. The number of ketones is 1. The molecule has 152 valence electrons. The second-order valence-corrected chi connectivity index (χ2v) is 7.60. The van der Waals surface area contributed by atoms with Crippen molar-refractivity contribution >= 4 is 17.7 Å². The molecule has 1 amide bonds. The molecular formula is C24H27NO4. The van der Waals surface area contributed by atoms with Gasteiger partial charge in [-0.15, -0.1) is 0 Å². The quantitative estimate of drug-likeness (QED) is 0.719. The van der Waals surface area contributed by atoms with Crippen LogP contribution >= 0.6 is 0 Å². The van der Waals surface area contributed by atoms with E-state index in [1.54, 1.807) is 6.07 Å². The zero-order valence-electron chi connectivity index (χ0n) is 16.7. The van der Waals surface area contributed by atoms with E-state index in [0.717, 1.165) is 42.4 Å². The second kappa shape index (κ2) is 9.50. The minimum absolute atomic E-state index is 0.166. The predicted molar refractivity (Wildman–Crippen MR) is 111 cm³/mol. The van der Waals surface area contributed by atoms with Crippen molar-refractivity contribution in [2.75, 3.05) is 0 Å². The van der Waals surface area contributed by atoms with Gasteiger partial charge in [0.25, 0.3) is 5.91 Å². The molecule has 0 unspecified atom stereocenters. The number of Topliss-reactive ketones (excluding diaryl/α,β-unsaturated/α-hetero) is 1. The van der Waals surface area contributed by atoms with E-state index in [2.05, 4.69) is 5.32 Å². The van der Waals surface area contributed by atoms with Gasteiger partial charge in [0.15, 0.2) is 0 Å². The Bertz CT molecular complexity index is 902. The van der Waals surface area contributed by atoms with Crippen LogP contribution in [0.15, 0.2) is 42.5 Å². The SMILES string of the molecule is CCC(=O)Cc1ccc(C[C@H](NC(=O)c2cccc3c2CCCC3)C(=O)O)cc1. The smallest absolute Gasteiger partial charge is 0.326 e. The van der Waals surface area contributed by atoms with Crippen molar-refractivity contribution in [3.63, 3.8) is 0 Å². The number of nitrogens with one attached hydrogen (secondary N) is 1. The molecule has 1 aliphatic rings. The Balaban J connectivity index is 1.70. The number of amides is 1. The summed E-state index contributed by atoms with van der Waals surface area (Å²) in [6.45, 7) is 1.83. The summed E-state index contributed by atoms with van der Waals surface area (Å²) in [6.07, 6.45) is 5.06. The highest BCUT2D eigenvalue weighted by molar-refractivity contribution is 5.98. The average molecular weight is 393 g/mol. The van der Waals surface area contributed by atoms with Crippen molar-refractivity contribution < 1.29 is 19.5 Å². The number of aryl methyl sites for hydroxylation is 1. The summed E-state index contributed by atoms with van der Waals surface area (Å²) in [7, 11) is 0. The minimum Gasteiger partial charge on any atom is -0.480 e. The maximum atomic E-state index is 12.8. The number of fused-ring (bicyclic) bond motifs is 1. The highest BCUT2D eigenvalue weighted by Crippen LogP contribution is 2.24. The molecule has 2 aromatic carbocycles. The van der Waals surface area contributed by atoms with Crippen LogP contribution in [0.5, 0.6) is 0 Å². The maximum absolute atomic E-state index is 12.8. The fourth-order valence-electron chi connectivity index (χ4n) is 3.81. The van der Waals surface area contributed by atoms with E-state index in [1.165, 1.54) is 5.56 Å². The van der Waals surface area contributed by atoms with Gasteiger partial charge in [0.1, 0.15) is 11.8 Å². The number of aliphatic carboxylic acids is 1. The Morgan fingerprint density at radius 1 is 1.00 bits per heavy atom. The number of benzene rings is 2. The van der Waals surface area contributed by atoms with Gasteiger partial charge >= 0.3 is 5.97 Å². The third-order valence-electron chi connectivity index (χ3n) is 5.50. The number of carboxylic acids is 1. The lowest BCUT2D eigenvalue weighted by Crippen LogP contribution is -2.42. The number of hydrogen-bond acceptors (Lipinski definition) is 3. The normalized spacial score (nSPS) is 14.0. The third kappa shape index (κ3) is 5.31. The molecular weight excluding hydrogens is 366 g/mol. The molecule has 2 aromatic rings. The van der Waals surface area contributed by atoms with E-state index < -0.39 is 12.0 Å². The van der Waals surface area contributed by atoms with Crippen LogP contribution in [-0.4, -0.2) is 28.8 Å². The number of carboxylic acid groups (broad SMARTS) is 1. The highest BCUT2D eigenvalue weighted by atomic mass is 16.4. The molecule has 5 nitrogen and oxygen atoms in total. The molecule has 0 aromatic heterocycles. The van der Waals surface area contributed by atoms with E-state index in [0.29, 0.717) is 18.4 Å². The Labute approximate surface area is 171 Å². The molecule has 1 aliphatic carbocycles. The number of carbonyl (C=O) groups is 3. The molecule has 0 heterocycles. The molecule has 0 bridgehead atoms. The summed E-state index contributed by atoms with van der Waals surface area (Å²) < 4.78 is 0. The summed E-state index contributed by atoms with van der Waals surface area (Å²) in [5.41, 5.74) is 4.54. The Morgan fingerprint density at radius 3 is 2.38 bits per heavy atom. The lowest BCUT2D eigenvalue weighted by Gasteiger charge is -2.20. The van der Waals surface area contributed by atoms with Crippen molar-refractivity contribution in [3.05, 3.63) is 70.3 Å². The molecule has 0 saturated carbocycles. The van der Waals surface area contributed by atoms with Crippen LogP contribution in [0.3, 0.4) is 0 Å². The van der Waals surface area contributed by atoms with Gasteiger partial charge in [-0.05, 0) is 54.0 Å². The fraction of sp³-hybridized carbons (Fsp3) is 0.375. The van der Waals surface area contributed by atoms with Crippen LogP contribution in [0.2, 0.25) is 0 Å². The van der Waals surface area contributed by atoms with E-state index in [1.807, 2.05) is 43.3 Å². The van der Waals surface area contributed by atoms with Gasteiger partial charge in [0.2, 0.25) is 0 Å². The number of carbonyl (C=O) groups excluding carboxylic acids is 2. The lowest BCUT2D eigenvalue weighted by atomic mass is 9.88. The van der Waals surface area contributed by atoms with E-state index in [9.17, 15) is 19.5 Å². The van der Waals surface area contributed by atoms with Crippen LogP contribution in [0.1, 0.15) is 58.8 Å². The summed E-state index contributed by atoms with van der Waals surface area (Å²) >= 11 is 0. The van der Waals surface area contributed by atoms with Crippen molar-refractivity contribution in [2.24, 2.45) is 0 Å². The first-order valence-electron chi connectivity index (χ1n) is 10.2. The van der Waals surface area contributed by atoms with E-state index in [-0.39, 0.29) is 18.1 Å². The summed E-state index contributed by atoms with van der Waals surface area (Å²) in [5, 5.41) is 12.3. The molecule has 1 atom stereocenters. The monoisotopic (exact) mass is 393 g/mol. The molecule has 0 saturated heterocycles. The van der Waals surface area contributed by atoms with Gasteiger partial charge in [0.05, 0.1) is 0 Å². The number of rotatable bonds is 8. The zero-order valence-corrected chi connectivity index (χ0v) is 16.7. The van der Waals surface area contributed by atoms with Crippen LogP contribution in [-0.2, 0) is 35.3 Å². The Kier molecular flexibility index (Phi) is 6.81. The predicted octanol–water partition coefficient (Wildman–Crippen LogP) is 3.51. The second-order valence-electron chi connectivity index (χ2n) is 7.60. The minimum atomic E-state index is -1.06. The highest BCUT2D eigenvalue weighted by Gasteiger charge is 2.24. The first-order valence-corrected chi connectivity index (χ1v) is 10.2. The van der Waals surface area contributed by atoms with Crippen LogP contribution in [0.4, 0.5) is 0 Å². The molecule has 0 spiro atoms. The molecule has 0 fully saturated rings. The van der Waals surface area contributed by atoms with Gasteiger partial charge in [-0.25, -0.2) is 4.79 Å². The topological polar surface area (TPSA) is 83.5 Å². The zero-order chi connectivity index (χ0) is 20.8. The van der Waals surface area contributed by atoms with E-state index >= 15 is 0 Å². The first kappa shape index (κ1) is 20.8. The van der Waals surface area contributed by atoms with Gasteiger partial charge in [-0.3, -0.25) is 9.59 Å². The van der Waals surface area contributed by atoms with Crippen LogP contribution < -0.4 is 5.32 Å². The largest absolute Gasteiger partial charge is 0.480 e. The van der Waals surface area contributed by atoms with Crippen molar-refractivity contribution in [1.82, 2.24) is 5.32 Å². The average Bonchev–Trinajstić information content (AvgIpc) is 2.73. The molecule has 3 rings (SSSR count). The van der Waals surface area contributed by atoms with Gasteiger partial charge in [-0.2, -0.15) is 0 Å². The van der Waals surface area contributed by atoms with Crippen molar-refractivity contribution in [2.45, 2.75) is 57.9 Å². The summed E-state index contributed by atoms with van der Waals surface area (Å²) in [5.74, 6) is -1.23. The van der Waals surface area contributed by atoms with Crippen molar-refractivity contribution in [1.29, 1.82) is 0 Å². The Morgan fingerprint density at radius 2 is 1.69 bits per heavy atom. The van der Waals surface area contributed by atoms with Crippen LogP contribution in [0.25, 0.3) is 0 Å². The van der Waals surface area contributed by atoms with Gasteiger partial charge in [-0.1, -0.05) is 43.3 Å². The fourth-order valence-corrected chi connectivity index (χ4v) is 3.81. The van der Waals surface area contributed by atoms with Gasteiger partial charge < -0.3 is 10.4 Å². The first-order chi connectivity index (χ1) is 14.0.